The van der Waals surface area contributed by atoms with E-state index in [-0.39, 0.29) is 0 Å². The Morgan fingerprint density at radius 3 is 1.86 bits per heavy atom. The molecule has 108 valence electrons. The van der Waals surface area contributed by atoms with Gasteiger partial charge in [0.25, 0.3) is 0 Å². The minimum Gasteiger partial charge on any atom is -0.284 e. The van der Waals surface area contributed by atoms with Gasteiger partial charge in [-0.2, -0.15) is 0 Å². The van der Waals surface area contributed by atoms with E-state index in [1.54, 1.807) is 0 Å². The molecule has 0 aromatic heterocycles. The van der Waals surface area contributed by atoms with E-state index >= 15 is 0 Å². The van der Waals surface area contributed by atoms with Gasteiger partial charge in [0.15, 0.2) is 0 Å². The number of nitrogens with one attached hydrogen (secondary N) is 2. The van der Waals surface area contributed by atoms with E-state index in [0.29, 0.717) is 0 Å². The molecule has 0 spiro atoms. The van der Waals surface area contributed by atoms with Crippen LogP contribution >= 0.6 is 0 Å². The van der Waals surface area contributed by atoms with Crippen LogP contribution in [0.15, 0.2) is 95.3 Å². The minimum atomic E-state index is 0.802. The van der Waals surface area contributed by atoms with Crippen LogP contribution in [0.4, 0.5) is 11.4 Å². The van der Waals surface area contributed by atoms with Gasteiger partial charge in [-0.25, -0.2) is 5.53 Å². The molecule has 0 bridgehead atoms. The third-order valence-corrected chi connectivity index (χ3v) is 3.16. The lowest BCUT2D eigenvalue weighted by Gasteiger charge is -2.06. The van der Waals surface area contributed by atoms with Crippen LogP contribution in [0.5, 0.6) is 0 Å². The van der Waals surface area contributed by atoms with Crippen molar-refractivity contribution >= 4 is 11.4 Å². The molecule has 22 heavy (non-hydrogen) atoms. The van der Waals surface area contributed by atoms with Gasteiger partial charge < -0.3 is 0 Å². The molecule has 0 aliphatic heterocycles. The monoisotopic (exact) mass is 288 g/mol. The van der Waals surface area contributed by atoms with Gasteiger partial charge in [0, 0.05) is 0 Å². The molecule has 2 N–H and O–H groups in total. The smallest absolute Gasteiger partial charge is 0.0874 e. The summed E-state index contributed by atoms with van der Waals surface area (Å²) in [6, 6.07) is 27.9. The van der Waals surface area contributed by atoms with Crippen LogP contribution in [0.3, 0.4) is 0 Å². The molecule has 0 aliphatic carbocycles. The van der Waals surface area contributed by atoms with Gasteiger partial charge in [0.05, 0.1) is 11.4 Å². The summed E-state index contributed by atoms with van der Waals surface area (Å²) in [7, 11) is 0. The van der Waals surface area contributed by atoms with Crippen molar-refractivity contribution in [2.24, 2.45) is 10.3 Å². The molecule has 0 heterocycles. The number of hydrogen-bond donors (Lipinski definition) is 2. The lowest BCUT2D eigenvalue weighted by atomic mass is 10.1. The molecule has 4 heteroatoms. The van der Waals surface area contributed by atoms with E-state index in [0.717, 1.165) is 11.4 Å². The molecule has 0 amide bonds. The second-order valence-electron chi connectivity index (χ2n) is 4.72. The normalized spacial score (nSPS) is 10.5. The quantitative estimate of drug-likeness (QED) is 0.514. The fourth-order valence-electron chi connectivity index (χ4n) is 2.04. The van der Waals surface area contributed by atoms with Gasteiger partial charge in [0.1, 0.15) is 0 Å². The maximum absolute atomic E-state index is 4.04. The van der Waals surface area contributed by atoms with E-state index in [1.807, 2.05) is 60.7 Å². The molecule has 4 nitrogen and oxygen atoms in total. The molecule has 3 aromatic carbocycles. The third-order valence-electron chi connectivity index (χ3n) is 3.16. The molecule has 3 aromatic rings. The Morgan fingerprint density at radius 1 is 0.591 bits per heavy atom. The van der Waals surface area contributed by atoms with Crippen molar-refractivity contribution in [1.82, 2.24) is 5.53 Å². The van der Waals surface area contributed by atoms with Crippen LogP contribution < -0.4 is 11.0 Å². The summed E-state index contributed by atoms with van der Waals surface area (Å²) in [6.45, 7) is 0. The Balaban J connectivity index is 1.57. The van der Waals surface area contributed by atoms with E-state index < -0.39 is 0 Å². The lowest BCUT2D eigenvalue weighted by molar-refractivity contribution is 0.806. The molecular formula is C18H16N4. The highest BCUT2D eigenvalue weighted by atomic mass is 15.6. The summed E-state index contributed by atoms with van der Waals surface area (Å²) in [6.07, 6.45) is 0. The predicted molar refractivity (Wildman–Crippen MR) is 89.6 cm³/mol. The first-order chi connectivity index (χ1) is 10.9. The van der Waals surface area contributed by atoms with Gasteiger partial charge in [-0.15, -0.1) is 5.11 Å². The van der Waals surface area contributed by atoms with E-state index in [2.05, 4.69) is 45.6 Å². The zero-order valence-corrected chi connectivity index (χ0v) is 12.0. The second kappa shape index (κ2) is 7.04. The zero-order chi connectivity index (χ0) is 15.0. The largest absolute Gasteiger partial charge is 0.284 e. The van der Waals surface area contributed by atoms with Crippen molar-refractivity contribution in [1.29, 1.82) is 0 Å². The van der Waals surface area contributed by atoms with Crippen LogP contribution in [-0.4, -0.2) is 0 Å². The van der Waals surface area contributed by atoms with Gasteiger partial charge in [0.2, 0.25) is 0 Å². The summed E-state index contributed by atoms with van der Waals surface area (Å²) in [5.74, 6) is 0. The summed E-state index contributed by atoms with van der Waals surface area (Å²) < 4.78 is 0. The highest BCUT2D eigenvalue weighted by molar-refractivity contribution is 5.65. The molecule has 0 fully saturated rings. The van der Waals surface area contributed by atoms with E-state index in [4.69, 9.17) is 0 Å². The van der Waals surface area contributed by atoms with Crippen molar-refractivity contribution in [3.63, 3.8) is 0 Å². The van der Waals surface area contributed by atoms with Crippen LogP contribution in [0.2, 0.25) is 0 Å². The lowest BCUT2D eigenvalue weighted by Crippen LogP contribution is -2.13. The summed E-state index contributed by atoms with van der Waals surface area (Å²) >= 11 is 0. The highest BCUT2D eigenvalue weighted by Gasteiger charge is 1.96. The minimum absolute atomic E-state index is 0.802. The van der Waals surface area contributed by atoms with Crippen LogP contribution in [0.25, 0.3) is 11.1 Å². The Labute approximate surface area is 129 Å². The molecule has 0 radical (unpaired) electrons. The number of hydrogen-bond acceptors (Lipinski definition) is 3. The van der Waals surface area contributed by atoms with Crippen LogP contribution in [-0.2, 0) is 0 Å². The molecule has 0 unspecified atom stereocenters. The van der Waals surface area contributed by atoms with Gasteiger partial charge in [-0.05, 0) is 35.4 Å². The van der Waals surface area contributed by atoms with Crippen molar-refractivity contribution in [3.05, 3.63) is 84.9 Å². The van der Waals surface area contributed by atoms with Crippen molar-refractivity contribution < 1.29 is 0 Å². The first kappa shape index (κ1) is 13.8. The summed E-state index contributed by atoms with van der Waals surface area (Å²) in [5, 5.41) is 7.92. The van der Waals surface area contributed by atoms with Crippen molar-refractivity contribution in [3.8, 4) is 11.1 Å². The van der Waals surface area contributed by atoms with E-state index in [9.17, 15) is 0 Å². The van der Waals surface area contributed by atoms with Crippen LogP contribution in [0.1, 0.15) is 0 Å². The van der Waals surface area contributed by atoms with Crippen LogP contribution in [0, 0.1) is 0 Å². The molecule has 0 aliphatic rings. The molecular weight excluding hydrogens is 272 g/mol. The Hall–Kier alpha value is -3.14. The standard InChI is InChI=1S/C18H16N4/c1-3-7-15(8-4-1)16-11-13-18(14-12-16)20-22-21-19-17-9-5-2-6-10-17/h1-14H,(H,19,22)(H,20,21). The highest BCUT2D eigenvalue weighted by Crippen LogP contribution is 2.20. The molecule has 0 saturated carbocycles. The predicted octanol–water partition coefficient (Wildman–Crippen LogP) is 4.97. The SMILES string of the molecule is c1ccc(N=NNNc2ccc(-c3ccccc3)cc2)cc1. The molecule has 0 saturated heterocycles. The van der Waals surface area contributed by atoms with Gasteiger partial charge in [-0.1, -0.05) is 65.9 Å². The average molecular weight is 288 g/mol. The molecule has 3 rings (SSSR count). The number of nitrogens with zero attached hydrogens (tertiary/aromatic N) is 2. The topological polar surface area (TPSA) is 48.8 Å². The molecule has 0 atom stereocenters. The summed E-state index contributed by atoms with van der Waals surface area (Å²) in [4.78, 5) is 0. The number of rotatable bonds is 5. The Morgan fingerprint density at radius 2 is 1.18 bits per heavy atom. The maximum Gasteiger partial charge on any atom is 0.0874 e. The number of hydrazine groups is 1. The van der Waals surface area contributed by atoms with Gasteiger partial charge >= 0.3 is 0 Å². The van der Waals surface area contributed by atoms with Crippen molar-refractivity contribution in [2.75, 3.05) is 5.43 Å². The van der Waals surface area contributed by atoms with Crippen molar-refractivity contribution in [2.45, 2.75) is 0 Å². The second-order valence-corrected chi connectivity index (χ2v) is 4.72. The fourth-order valence-corrected chi connectivity index (χ4v) is 2.04. The Kier molecular flexibility index (Phi) is 4.42. The van der Waals surface area contributed by atoms with E-state index in [1.165, 1.54) is 11.1 Å². The first-order valence-electron chi connectivity index (χ1n) is 7.04. The number of anilines is 1. The Bertz CT molecular complexity index is 722. The fraction of sp³-hybridized carbons (Fsp3) is 0. The number of benzene rings is 3. The average Bonchev–Trinajstić information content (AvgIpc) is 2.61. The maximum atomic E-state index is 4.04. The van der Waals surface area contributed by atoms with Gasteiger partial charge in [-0.3, -0.25) is 5.43 Å². The summed E-state index contributed by atoms with van der Waals surface area (Å²) in [5.41, 5.74) is 9.80. The third kappa shape index (κ3) is 3.70. The zero-order valence-electron chi connectivity index (χ0n) is 12.0. The first-order valence-corrected chi connectivity index (χ1v) is 7.04.